The molecule has 3 aromatic carbocycles. The SMILES string of the molecule is CC.CC.COc1ccc(/C=C\c2cc(OC)c(OC)c(OC)c2)c(NSc2cccc(N)c2)c1F. The molecule has 0 saturated carbocycles. The predicted molar refractivity (Wildman–Crippen MR) is 151 cm³/mol. The van der Waals surface area contributed by atoms with E-state index in [1.54, 1.807) is 51.7 Å². The van der Waals surface area contributed by atoms with E-state index in [2.05, 4.69) is 4.72 Å². The standard InChI is InChI=1S/C24H25FN2O4S.2C2H6/c1-28-19-11-10-16(23(22(19)25)27-32-18-7-5-6-17(26)14-18)9-8-15-12-20(29-2)24(31-4)21(13-15)30-3;2*1-2/h5-14,27H,26H2,1-4H3;2*1-2H3/b9-8-;;. The largest absolute Gasteiger partial charge is 0.494 e. The Balaban J connectivity index is 0.00000154. The molecule has 3 aromatic rings. The molecule has 0 amide bonds. The van der Waals surface area contributed by atoms with Crippen LogP contribution in [-0.2, 0) is 0 Å². The maximum absolute atomic E-state index is 15.1. The fourth-order valence-corrected chi connectivity index (χ4v) is 3.81. The molecule has 8 heteroatoms. The molecule has 0 radical (unpaired) electrons. The van der Waals surface area contributed by atoms with Crippen molar-refractivity contribution in [2.75, 3.05) is 38.9 Å². The summed E-state index contributed by atoms with van der Waals surface area (Å²) in [5, 5.41) is 0. The molecule has 3 N–H and O–H groups in total. The van der Waals surface area contributed by atoms with Gasteiger partial charge in [0.1, 0.15) is 0 Å². The number of nitrogens with one attached hydrogen (secondary N) is 1. The lowest BCUT2D eigenvalue weighted by atomic mass is 10.1. The molecule has 0 aliphatic heterocycles. The number of anilines is 2. The third-order valence-corrected chi connectivity index (χ3v) is 5.43. The van der Waals surface area contributed by atoms with E-state index in [1.165, 1.54) is 19.1 Å². The zero-order valence-electron chi connectivity index (χ0n) is 22.3. The highest BCUT2D eigenvalue weighted by atomic mass is 32.2. The molecule has 0 aliphatic carbocycles. The summed E-state index contributed by atoms with van der Waals surface area (Å²) in [4.78, 5) is 0.853. The number of nitrogen functional groups attached to an aromatic ring is 1. The highest BCUT2D eigenvalue weighted by molar-refractivity contribution is 8.00. The highest BCUT2D eigenvalue weighted by Gasteiger charge is 2.15. The molecule has 0 saturated heterocycles. The van der Waals surface area contributed by atoms with E-state index in [1.807, 2.05) is 58.0 Å². The Morgan fingerprint density at radius 1 is 0.778 bits per heavy atom. The van der Waals surface area contributed by atoms with Gasteiger partial charge in [0.25, 0.3) is 0 Å². The Kier molecular flexibility index (Phi) is 13.7. The number of hydrogen-bond donors (Lipinski definition) is 2. The minimum Gasteiger partial charge on any atom is -0.494 e. The van der Waals surface area contributed by atoms with Crippen molar-refractivity contribution in [1.82, 2.24) is 0 Å². The van der Waals surface area contributed by atoms with Crippen LogP contribution in [0.25, 0.3) is 12.2 Å². The van der Waals surface area contributed by atoms with Crippen molar-refractivity contribution in [3.63, 3.8) is 0 Å². The first-order valence-corrected chi connectivity index (χ1v) is 12.4. The Bertz CT molecular complexity index is 1100. The van der Waals surface area contributed by atoms with Gasteiger partial charge < -0.3 is 29.4 Å². The molecule has 0 spiro atoms. The molecular weight excluding hydrogens is 479 g/mol. The summed E-state index contributed by atoms with van der Waals surface area (Å²) < 4.78 is 39.5. The second-order valence-electron chi connectivity index (χ2n) is 6.61. The van der Waals surface area contributed by atoms with Crippen LogP contribution in [0, 0.1) is 5.82 Å². The first-order chi connectivity index (χ1) is 17.5. The van der Waals surface area contributed by atoms with Gasteiger partial charge in [-0.3, -0.25) is 0 Å². The summed E-state index contributed by atoms with van der Waals surface area (Å²) in [6.07, 6.45) is 3.63. The number of nitrogens with two attached hydrogens (primary N) is 1. The summed E-state index contributed by atoms with van der Waals surface area (Å²) >= 11 is 1.26. The maximum Gasteiger partial charge on any atom is 0.203 e. The molecule has 0 fully saturated rings. The predicted octanol–water partition coefficient (Wildman–Crippen LogP) is 7.78. The van der Waals surface area contributed by atoms with Crippen LogP contribution in [0.2, 0.25) is 0 Å². The minimum atomic E-state index is -0.490. The summed E-state index contributed by atoms with van der Waals surface area (Å²) in [7, 11) is 6.09. The smallest absolute Gasteiger partial charge is 0.203 e. The zero-order valence-corrected chi connectivity index (χ0v) is 23.1. The summed E-state index contributed by atoms with van der Waals surface area (Å²) in [5.74, 6) is 1.22. The first-order valence-electron chi connectivity index (χ1n) is 11.6. The van der Waals surface area contributed by atoms with E-state index >= 15 is 4.39 Å². The molecular formula is C28H37FN2O4S. The molecule has 0 heterocycles. The lowest BCUT2D eigenvalue weighted by Gasteiger charge is -2.14. The Morgan fingerprint density at radius 2 is 1.39 bits per heavy atom. The number of halogens is 1. The van der Waals surface area contributed by atoms with Gasteiger partial charge in [0.2, 0.25) is 5.75 Å². The van der Waals surface area contributed by atoms with Crippen LogP contribution in [0.5, 0.6) is 23.0 Å². The van der Waals surface area contributed by atoms with E-state index < -0.39 is 5.82 Å². The number of rotatable bonds is 9. The van der Waals surface area contributed by atoms with Crippen molar-refractivity contribution in [3.05, 3.63) is 65.5 Å². The van der Waals surface area contributed by atoms with Gasteiger partial charge in [0, 0.05) is 16.1 Å². The second kappa shape index (κ2) is 16.2. The third kappa shape index (κ3) is 8.02. The summed E-state index contributed by atoms with van der Waals surface area (Å²) in [5.41, 5.74) is 8.19. The molecule has 0 atom stereocenters. The van der Waals surface area contributed by atoms with Crippen molar-refractivity contribution in [2.45, 2.75) is 32.6 Å². The number of hydrogen-bond acceptors (Lipinski definition) is 7. The second-order valence-corrected chi connectivity index (χ2v) is 7.49. The lowest BCUT2D eigenvalue weighted by Crippen LogP contribution is -1.98. The van der Waals surface area contributed by atoms with Gasteiger partial charge in [0.05, 0.1) is 34.1 Å². The quantitative estimate of drug-likeness (QED) is 0.171. The van der Waals surface area contributed by atoms with E-state index in [0.29, 0.717) is 34.2 Å². The fourth-order valence-electron chi connectivity index (χ4n) is 3.04. The van der Waals surface area contributed by atoms with Crippen LogP contribution >= 0.6 is 11.9 Å². The van der Waals surface area contributed by atoms with Crippen LogP contribution in [0.1, 0.15) is 38.8 Å². The van der Waals surface area contributed by atoms with Crippen LogP contribution < -0.4 is 29.4 Å². The summed E-state index contributed by atoms with van der Waals surface area (Å²) in [6.45, 7) is 8.00. The molecule has 0 unspecified atom stereocenters. The number of ether oxygens (including phenoxy) is 4. The van der Waals surface area contributed by atoms with Crippen molar-refractivity contribution in [3.8, 4) is 23.0 Å². The van der Waals surface area contributed by atoms with Crippen molar-refractivity contribution in [1.29, 1.82) is 0 Å². The van der Waals surface area contributed by atoms with Crippen molar-refractivity contribution < 1.29 is 23.3 Å². The van der Waals surface area contributed by atoms with Gasteiger partial charge in [-0.05, 0) is 60.0 Å². The summed E-state index contributed by atoms with van der Waals surface area (Å²) in [6, 6.07) is 14.3. The van der Waals surface area contributed by atoms with Gasteiger partial charge in [-0.1, -0.05) is 45.9 Å². The first kappa shape index (κ1) is 30.5. The lowest BCUT2D eigenvalue weighted by molar-refractivity contribution is 0.324. The molecule has 6 nitrogen and oxygen atoms in total. The van der Waals surface area contributed by atoms with E-state index in [-0.39, 0.29) is 5.75 Å². The highest BCUT2D eigenvalue weighted by Crippen LogP contribution is 2.39. The van der Waals surface area contributed by atoms with Gasteiger partial charge in [0.15, 0.2) is 23.1 Å². The average Bonchev–Trinajstić information content (AvgIpc) is 2.92. The van der Waals surface area contributed by atoms with Crippen LogP contribution in [0.15, 0.2) is 53.4 Å². The minimum absolute atomic E-state index is 0.144. The van der Waals surface area contributed by atoms with Crippen LogP contribution in [0.3, 0.4) is 0 Å². The molecule has 0 bridgehead atoms. The maximum atomic E-state index is 15.1. The van der Waals surface area contributed by atoms with Gasteiger partial charge in [-0.15, -0.1) is 0 Å². The van der Waals surface area contributed by atoms with E-state index in [9.17, 15) is 0 Å². The van der Waals surface area contributed by atoms with E-state index in [4.69, 9.17) is 24.7 Å². The third-order valence-electron chi connectivity index (χ3n) is 4.63. The Hall–Kier alpha value is -3.52. The number of benzene rings is 3. The van der Waals surface area contributed by atoms with Gasteiger partial charge in [-0.25, -0.2) is 4.39 Å². The fraction of sp³-hybridized carbons (Fsp3) is 0.286. The molecule has 0 aromatic heterocycles. The normalized spacial score (nSPS) is 9.92. The van der Waals surface area contributed by atoms with E-state index in [0.717, 1.165) is 10.5 Å². The van der Waals surface area contributed by atoms with Crippen LogP contribution in [0.4, 0.5) is 15.8 Å². The number of methoxy groups -OCH3 is 4. The average molecular weight is 517 g/mol. The van der Waals surface area contributed by atoms with Crippen molar-refractivity contribution in [2.24, 2.45) is 0 Å². The Morgan fingerprint density at radius 3 is 1.92 bits per heavy atom. The van der Waals surface area contributed by atoms with Crippen LogP contribution in [-0.4, -0.2) is 28.4 Å². The molecule has 196 valence electrons. The Labute approximate surface area is 218 Å². The topological polar surface area (TPSA) is 75.0 Å². The van der Waals surface area contributed by atoms with Gasteiger partial charge >= 0.3 is 0 Å². The monoisotopic (exact) mass is 516 g/mol. The van der Waals surface area contributed by atoms with Crippen molar-refractivity contribution >= 4 is 35.5 Å². The van der Waals surface area contributed by atoms with Gasteiger partial charge in [-0.2, -0.15) is 0 Å². The zero-order chi connectivity index (χ0) is 27.1. The molecule has 36 heavy (non-hydrogen) atoms. The molecule has 3 rings (SSSR count). The molecule has 0 aliphatic rings.